The van der Waals surface area contributed by atoms with Crippen LogP contribution in [0.5, 0.6) is 0 Å². The maximum Gasteiger partial charge on any atom is 0.306 e. The Labute approximate surface area is 511 Å². The number of allylic oxidation sites excluding steroid dienone is 8. The molecule has 0 aromatic heterocycles. The fraction of sp³-hybridized carbons (Fsp3) is 0.855. The van der Waals surface area contributed by atoms with E-state index in [1.807, 2.05) is 0 Å². The van der Waals surface area contributed by atoms with Crippen molar-refractivity contribution in [1.29, 1.82) is 0 Å². The predicted octanol–water partition coefficient (Wildman–Crippen LogP) is 25.3. The molecule has 0 aromatic rings. The number of hydrogen-bond acceptors (Lipinski definition) is 6. The molecule has 0 saturated heterocycles. The summed E-state index contributed by atoms with van der Waals surface area (Å²) in [6, 6.07) is 0. The number of esters is 3. The third-order valence-corrected chi connectivity index (χ3v) is 16.6. The molecule has 0 radical (unpaired) electrons. The number of carbonyl (C=O) groups is 3. The molecule has 0 rings (SSSR count). The summed E-state index contributed by atoms with van der Waals surface area (Å²) in [7, 11) is 0. The van der Waals surface area contributed by atoms with E-state index in [-0.39, 0.29) is 31.1 Å². The Morgan fingerprint density at radius 3 is 0.695 bits per heavy atom. The van der Waals surface area contributed by atoms with Crippen molar-refractivity contribution in [2.75, 3.05) is 13.2 Å². The first kappa shape index (κ1) is 79.4. The molecule has 0 fully saturated rings. The SMILES string of the molecule is CCCCCCC/C=C\C/C=C\C/C=C\CCCCCCCCCCC(=O)OC(COC(=O)CCCCCCCCCCCCCCC/C=C\CCCCCCCCCC)COC(=O)CCCCCCCCCCCCCCCCCC. The van der Waals surface area contributed by atoms with E-state index in [1.54, 1.807) is 0 Å². The normalized spacial score (nSPS) is 12.3. The van der Waals surface area contributed by atoms with Gasteiger partial charge in [-0.1, -0.05) is 345 Å². The maximum absolute atomic E-state index is 13.0. The fourth-order valence-electron chi connectivity index (χ4n) is 11.0. The molecule has 480 valence electrons. The molecule has 0 bridgehead atoms. The van der Waals surface area contributed by atoms with Crippen LogP contribution in [-0.2, 0) is 28.6 Å². The number of carbonyl (C=O) groups excluding carboxylic acids is 3. The molecule has 82 heavy (non-hydrogen) atoms. The summed E-state index contributed by atoms with van der Waals surface area (Å²) in [5.41, 5.74) is 0. The number of ether oxygens (including phenoxy) is 3. The van der Waals surface area contributed by atoms with Crippen LogP contribution in [-0.4, -0.2) is 37.2 Å². The summed E-state index contributed by atoms with van der Waals surface area (Å²) < 4.78 is 17.0. The number of hydrogen-bond donors (Lipinski definition) is 0. The molecule has 6 nitrogen and oxygen atoms in total. The molecule has 0 amide bonds. The summed E-state index contributed by atoms with van der Waals surface area (Å²) in [6.45, 7) is 6.70. The lowest BCUT2D eigenvalue weighted by Crippen LogP contribution is -2.30. The van der Waals surface area contributed by atoms with Crippen LogP contribution in [0.3, 0.4) is 0 Å². The van der Waals surface area contributed by atoms with Gasteiger partial charge < -0.3 is 14.2 Å². The second kappa shape index (κ2) is 70.9. The van der Waals surface area contributed by atoms with Gasteiger partial charge in [0.25, 0.3) is 0 Å². The summed E-state index contributed by atoms with van der Waals surface area (Å²) in [5.74, 6) is -0.849. The molecule has 0 spiro atoms. The quantitative estimate of drug-likeness (QED) is 0.0261. The lowest BCUT2D eigenvalue weighted by atomic mass is 10.0. The topological polar surface area (TPSA) is 78.9 Å². The van der Waals surface area contributed by atoms with Crippen LogP contribution in [0.1, 0.15) is 400 Å². The molecule has 0 N–H and O–H groups in total. The van der Waals surface area contributed by atoms with Gasteiger partial charge in [-0.3, -0.25) is 14.4 Å². The van der Waals surface area contributed by atoms with Gasteiger partial charge in [0.2, 0.25) is 0 Å². The van der Waals surface area contributed by atoms with Gasteiger partial charge in [-0.05, 0) is 83.5 Å². The highest BCUT2D eigenvalue weighted by Gasteiger charge is 2.19. The van der Waals surface area contributed by atoms with Crippen molar-refractivity contribution in [2.24, 2.45) is 0 Å². The van der Waals surface area contributed by atoms with E-state index in [0.717, 1.165) is 77.0 Å². The lowest BCUT2D eigenvalue weighted by molar-refractivity contribution is -0.167. The number of rotatable bonds is 68. The van der Waals surface area contributed by atoms with Crippen LogP contribution >= 0.6 is 0 Å². The van der Waals surface area contributed by atoms with Gasteiger partial charge in [0.15, 0.2) is 6.10 Å². The van der Waals surface area contributed by atoms with Crippen molar-refractivity contribution >= 4 is 17.9 Å². The zero-order valence-corrected chi connectivity index (χ0v) is 55.3. The largest absolute Gasteiger partial charge is 0.462 e. The first-order valence-electron chi connectivity index (χ1n) is 36.6. The Morgan fingerprint density at radius 2 is 0.439 bits per heavy atom. The highest BCUT2D eigenvalue weighted by atomic mass is 16.6. The Morgan fingerprint density at radius 1 is 0.244 bits per heavy atom. The van der Waals surface area contributed by atoms with E-state index in [2.05, 4.69) is 69.4 Å². The summed E-state index contributed by atoms with van der Waals surface area (Å²) >= 11 is 0. The monoisotopic (exact) mass is 1150 g/mol. The Bertz CT molecular complexity index is 1410. The van der Waals surface area contributed by atoms with Gasteiger partial charge >= 0.3 is 17.9 Å². The average molecular weight is 1150 g/mol. The zero-order valence-electron chi connectivity index (χ0n) is 55.3. The van der Waals surface area contributed by atoms with Crippen molar-refractivity contribution in [3.05, 3.63) is 48.6 Å². The molecule has 0 aliphatic carbocycles. The Kier molecular flexibility index (Phi) is 68.6. The van der Waals surface area contributed by atoms with Crippen LogP contribution in [0.2, 0.25) is 0 Å². The van der Waals surface area contributed by atoms with Gasteiger partial charge in [0, 0.05) is 19.3 Å². The maximum atomic E-state index is 13.0. The van der Waals surface area contributed by atoms with E-state index >= 15 is 0 Å². The Balaban J connectivity index is 4.30. The van der Waals surface area contributed by atoms with E-state index in [9.17, 15) is 14.4 Å². The predicted molar refractivity (Wildman–Crippen MR) is 358 cm³/mol. The van der Waals surface area contributed by atoms with E-state index < -0.39 is 6.10 Å². The highest BCUT2D eigenvalue weighted by molar-refractivity contribution is 5.71. The second-order valence-corrected chi connectivity index (χ2v) is 24.9. The second-order valence-electron chi connectivity index (χ2n) is 24.9. The first-order valence-corrected chi connectivity index (χ1v) is 36.6. The molecule has 0 aromatic carbocycles. The van der Waals surface area contributed by atoms with Crippen molar-refractivity contribution in [3.63, 3.8) is 0 Å². The standard InChI is InChI=1S/C76H140O6/c1-4-7-10-13-16-19-22-25-28-31-33-35-37-38-40-41-43-45-48-51-54-57-60-63-66-69-75(78)81-72-73(71-80-74(77)68-65-62-59-56-53-50-47-30-27-24-21-18-15-12-9-6-3)82-76(79)70-67-64-61-58-55-52-49-46-44-42-39-36-34-32-29-26-23-20-17-14-11-8-5-2/h23,26,31-34,39,42,73H,4-22,24-25,27-30,35-38,40-41,43-72H2,1-3H3/b26-23-,33-31-,34-32-,42-39-. The average Bonchev–Trinajstić information content (AvgIpc) is 3.47. The van der Waals surface area contributed by atoms with Crippen LogP contribution in [0.25, 0.3) is 0 Å². The minimum atomic E-state index is -0.777. The molecule has 0 aliphatic rings. The third kappa shape index (κ3) is 68.2. The van der Waals surface area contributed by atoms with E-state index in [1.165, 1.54) is 283 Å². The summed E-state index contributed by atoms with van der Waals surface area (Å²) in [6.07, 6.45) is 89.9. The van der Waals surface area contributed by atoms with Crippen molar-refractivity contribution in [3.8, 4) is 0 Å². The summed E-state index contributed by atoms with van der Waals surface area (Å²) in [5, 5.41) is 0. The third-order valence-electron chi connectivity index (χ3n) is 16.6. The van der Waals surface area contributed by atoms with Crippen LogP contribution in [0.4, 0.5) is 0 Å². The molecule has 6 heteroatoms. The molecule has 1 atom stereocenters. The fourth-order valence-corrected chi connectivity index (χ4v) is 11.0. The minimum Gasteiger partial charge on any atom is -0.462 e. The van der Waals surface area contributed by atoms with Gasteiger partial charge in [-0.2, -0.15) is 0 Å². The molecule has 0 saturated carbocycles. The smallest absolute Gasteiger partial charge is 0.306 e. The number of unbranched alkanes of at least 4 members (excludes halogenated alkanes) is 49. The first-order chi connectivity index (χ1) is 40.5. The zero-order chi connectivity index (χ0) is 59.2. The van der Waals surface area contributed by atoms with Crippen LogP contribution < -0.4 is 0 Å². The molecule has 1 unspecified atom stereocenters. The van der Waals surface area contributed by atoms with Crippen LogP contribution in [0, 0.1) is 0 Å². The van der Waals surface area contributed by atoms with Crippen LogP contribution in [0.15, 0.2) is 48.6 Å². The molecule has 0 aliphatic heterocycles. The highest BCUT2D eigenvalue weighted by Crippen LogP contribution is 2.18. The van der Waals surface area contributed by atoms with Crippen molar-refractivity contribution < 1.29 is 28.6 Å². The van der Waals surface area contributed by atoms with Gasteiger partial charge in [0.1, 0.15) is 13.2 Å². The van der Waals surface area contributed by atoms with Gasteiger partial charge in [0.05, 0.1) is 0 Å². The van der Waals surface area contributed by atoms with Gasteiger partial charge in [-0.15, -0.1) is 0 Å². The molecular formula is C76H140O6. The minimum absolute atomic E-state index is 0.0713. The van der Waals surface area contributed by atoms with Crippen molar-refractivity contribution in [1.82, 2.24) is 0 Å². The molecule has 0 heterocycles. The molecular weight excluding hydrogens is 1010 g/mol. The van der Waals surface area contributed by atoms with Crippen molar-refractivity contribution in [2.45, 2.75) is 406 Å². The van der Waals surface area contributed by atoms with E-state index in [4.69, 9.17) is 14.2 Å². The van der Waals surface area contributed by atoms with Gasteiger partial charge in [-0.25, -0.2) is 0 Å². The Hall–Kier alpha value is -2.63. The lowest BCUT2D eigenvalue weighted by Gasteiger charge is -2.18. The summed E-state index contributed by atoms with van der Waals surface area (Å²) in [4.78, 5) is 38.5. The van der Waals surface area contributed by atoms with E-state index in [0.29, 0.717) is 19.3 Å².